The Bertz CT molecular complexity index is 324. The molecule has 2 rings (SSSR count). The molecule has 2 N–H and O–H groups in total. The number of aromatic amines is 1. The van der Waals surface area contributed by atoms with Crippen molar-refractivity contribution in [3.05, 3.63) is 17.5 Å². The maximum absolute atomic E-state index is 4.08. The van der Waals surface area contributed by atoms with Gasteiger partial charge < -0.3 is 5.32 Å². The smallest absolute Gasteiger partial charge is 0.0537 e. The van der Waals surface area contributed by atoms with E-state index >= 15 is 0 Å². The van der Waals surface area contributed by atoms with E-state index in [0.29, 0.717) is 12.1 Å². The highest BCUT2D eigenvalue weighted by molar-refractivity contribution is 5.18. The molecule has 0 radical (unpaired) electrons. The number of nitrogens with one attached hydrogen (secondary N) is 2. The van der Waals surface area contributed by atoms with Crippen molar-refractivity contribution in [1.82, 2.24) is 15.5 Å². The molecule has 0 aliphatic heterocycles. The first-order valence-electron chi connectivity index (χ1n) is 6.42. The summed E-state index contributed by atoms with van der Waals surface area (Å²) in [6.07, 6.45) is 7.33. The first-order chi connectivity index (χ1) is 7.66. The number of hydrogen-bond donors (Lipinski definition) is 2. The van der Waals surface area contributed by atoms with Crippen LogP contribution in [0.15, 0.2) is 6.20 Å². The van der Waals surface area contributed by atoms with Gasteiger partial charge in [-0.15, -0.1) is 0 Å². The van der Waals surface area contributed by atoms with Crippen LogP contribution >= 0.6 is 0 Å². The predicted molar refractivity (Wildman–Crippen MR) is 66.3 cm³/mol. The summed E-state index contributed by atoms with van der Waals surface area (Å²) in [6, 6.07) is 1.11. The Morgan fingerprint density at radius 2 is 2.06 bits per heavy atom. The molecule has 0 aromatic carbocycles. The Labute approximate surface area is 98.0 Å². The minimum atomic E-state index is 0.414. The summed E-state index contributed by atoms with van der Waals surface area (Å²) in [4.78, 5) is 0. The van der Waals surface area contributed by atoms with Crippen LogP contribution in [0.3, 0.4) is 0 Å². The first-order valence-corrected chi connectivity index (χ1v) is 6.42. The summed E-state index contributed by atoms with van der Waals surface area (Å²) in [7, 11) is 0. The molecule has 1 atom stereocenters. The topological polar surface area (TPSA) is 40.7 Å². The number of H-pyrrole nitrogens is 1. The van der Waals surface area contributed by atoms with Gasteiger partial charge in [0.15, 0.2) is 0 Å². The summed E-state index contributed by atoms with van der Waals surface area (Å²) >= 11 is 0. The number of rotatable bonds is 3. The van der Waals surface area contributed by atoms with Gasteiger partial charge in [0.25, 0.3) is 0 Å². The largest absolute Gasteiger partial charge is 0.307 e. The van der Waals surface area contributed by atoms with Crippen LogP contribution in [0.25, 0.3) is 0 Å². The molecule has 3 nitrogen and oxygen atoms in total. The molecule has 90 valence electrons. The minimum Gasteiger partial charge on any atom is -0.307 e. The van der Waals surface area contributed by atoms with Crippen LogP contribution < -0.4 is 5.32 Å². The molecule has 1 fully saturated rings. The second-order valence-corrected chi connectivity index (χ2v) is 5.30. The second kappa shape index (κ2) is 5.00. The van der Waals surface area contributed by atoms with Crippen molar-refractivity contribution < 1.29 is 0 Å². The molecule has 16 heavy (non-hydrogen) atoms. The fourth-order valence-electron chi connectivity index (χ4n) is 2.67. The zero-order chi connectivity index (χ0) is 11.5. The molecule has 1 saturated carbocycles. The Balaban J connectivity index is 1.88. The third-order valence-electron chi connectivity index (χ3n) is 3.84. The lowest BCUT2D eigenvalue weighted by Gasteiger charge is -2.29. The zero-order valence-electron chi connectivity index (χ0n) is 10.6. The lowest BCUT2D eigenvalue weighted by atomic mass is 9.87. The van der Waals surface area contributed by atoms with E-state index in [-0.39, 0.29) is 0 Å². The molecule has 1 unspecified atom stereocenters. The second-order valence-electron chi connectivity index (χ2n) is 5.30. The van der Waals surface area contributed by atoms with Crippen LogP contribution in [0.5, 0.6) is 0 Å². The summed E-state index contributed by atoms with van der Waals surface area (Å²) < 4.78 is 0. The molecule has 1 heterocycles. The number of aromatic nitrogens is 2. The van der Waals surface area contributed by atoms with Gasteiger partial charge in [0.1, 0.15) is 0 Å². The lowest BCUT2D eigenvalue weighted by Crippen LogP contribution is -2.34. The highest BCUT2D eigenvalue weighted by Gasteiger charge is 2.20. The Morgan fingerprint density at radius 3 is 2.62 bits per heavy atom. The fraction of sp³-hybridized carbons (Fsp3) is 0.769. The van der Waals surface area contributed by atoms with Crippen molar-refractivity contribution in [1.29, 1.82) is 0 Å². The molecule has 0 bridgehead atoms. The van der Waals surface area contributed by atoms with Gasteiger partial charge in [0, 0.05) is 23.3 Å². The molecule has 3 heteroatoms. The van der Waals surface area contributed by atoms with Crippen LogP contribution in [0.2, 0.25) is 0 Å². The van der Waals surface area contributed by atoms with Crippen molar-refractivity contribution in [2.45, 2.75) is 58.5 Å². The summed E-state index contributed by atoms with van der Waals surface area (Å²) in [5, 5.41) is 10.8. The number of aryl methyl sites for hydroxylation is 1. The quantitative estimate of drug-likeness (QED) is 0.824. The van der Waals surface area contributed by atoms with Gasteiger partial charge in [0.05, 0.1) is 6.20 Å². The molecule has 0 amide bonds. The van der Waals surface area contributed by atoms with Crippen LogP contribution in [-0.4, -0.2) is 16.2 Å². The third-order valence-corrected chi connectivity index (χ3v) is 3.84. The van der Waals surface area contributed by atoms with Gasteiger partial charge in [-0.3, -0.25) is 5.10 Å². The van der Waals surface area contributed by atoms with Crippen LogP contribution in [-0.2, 0) is 0 Å². The molecular formula is C13H23N3. The van der Waals surface area contributed by atoms with Crippen LogP contribution in [0, 0.1) is 12.8 Å². The zero-order valence-corrected chi connectivity index (χ0v) is 10.6. The van der Waals surface area contributed by atoms with E-state index in [1.54, 1.807) is 0 Å². The van der Waals surface area contributed by atoms with Gasteiger partial charge in [0.2, 0.25) is 0 Å². The minimum absolute atomic E-state index is 0.414. The van der Waals surface area contributed by atoms with Gasteiger partial charge in [-0.25, -0.2) is 0 Å². The summed E-state index contributed by atoms with van der Waals surface area (Å²) in [6.45, 7) is 6.68. The average Bonchev–Trinajstić information content (AvgIpc) is 2.68. The van der Waals surface area contributed by atoms with E-state index in [9.17, 15) is 0 Å². The normalized spacial score (nSPS) is 27.9. The van der Waals surface area contributed by atoms with Crippen molar-refractivity contribution in [3.63, 3.8) is 0 Å². The maximum atomic E-state index is 4.08. The molecule has 1 aliphatic carbocycles. The third kappa shape index (κ3) is 2.64. The van der Waals surface area contributed by atoms with Gasteiger partial charge in [-0.1, -0.05) is 6.92 Å². The number of hydrogen-bond acceptors (Lipinski definition) is 2. The van der Waals surface area contributed by atoms with E-state index in [1.807, 2.05) is 6.20 Å². The predicted octanol–water partition coefficient (Wildman–Crippen LogP) is 2.95. The molecule has 1 aromatic rings. The monoisotopic (exact) mass is 221 g/mol. The Kier molecular flexibility index (Phi) is 3.64. The van der Waals surface area contributed by atoms with Crippen molar-refractivity contribution >= 4 is 0 Å². The Morgan fingerprint density at radius 1 is 1.38 bits per heavy atom. The highest BCUT2D eigenvalue weighted by Crippen LogP contribution is 2.25. The van der Waals surface area contributed by atoms with E-state index < -0.39 is 0 Å². The average molecular weight is 221 g/mol. The van der Waals surface area contributed by atoms with Crippen molar-refractivity contribution in [2.75, 3.05) is 0 Å². The Hall–Kier alpha value is -0.830. The molecule has 1 aromatic heterocycles. The van der Waals surface area contributed by atoms with Crippen molar-refractivity contribution in [2.24, 2.45) is 5.92 Å². The first kappa shape index (κ1) is 11.6. The number of nitrogens with zero attached hydrogens (tertiary/aromatic N) is 1. The van der Waals surface area contributed by atoms with E-state index in [1.165, 1.54) is 36.9 Å². The van der Waals surface area contributed by atoms with Crippen molar-refractivity contribution in [3.8, 4) is 0 Å². The van der Waals surface area contributed by atoms with E-state index in [4.69, 9.17) is 0 Å². The SMILES string of the molecule is Cc1[nH]ncc1C(C)NC1CCC(C)CC1. The lowest BCUT2D eigenvalue weighted by molar-refractivity contribution is 0.291. The van der Waals surface area contributed by atoms with Crippen LogP contribution in [0.1, 0.15) is 56.8 Å². The maximum Gasteiger partial charge on any atom is 0.0537 e. The van der Waals surface area contributed by atoms with E-state index in [2.05, 4.69) is 36.3 Å². The van der Waals surface area contributed by atoms with Gasteiger partial charge in [-0.2, -0.15) is 5.10 Å². The summed E-state index contributed by atoms with van der Waals surface area (Å²) in [5.74, 6) is 0.920. The van der Waals surface area contributed by atoms with Gasteiger partial charge >= 0.3 is 0 Å². The molecule has 1 aliphatic rings. The standard InChI is InChI=1S/C13H23N3/c1-9-4-6-12(7-5-9)15-10(2)13-8-14-16-11(13)3/h8-10,12,15H,4-7H2,1-3H3,(H,14,16). The fourth-order valence-corrected chi connectivity index (χ4v) is 2.67. The molecule has 0 saturated heterocycles. The summed E-state index contributed by atoms with van der Waals surface area (Å²) in [5.41, 5.74) is 2.49. The van der Waals surface area contributed by atoms with E-state index in [0.717, 1.165) is 5.92 Å². The molecular weight excluding hydrogens is 198 g/mol. The molecule has 0 spiro atoms. The highest BCUT2D eigenvalue weighted by atomic mass is 15.1. The van der Waals surface area contributed by atoms with Gasteiger partial charge in [-0.05, 0) is 45.4 Å². The van der Waals surface area contributed by atoms with Crippen LogP contribution in [0.4, 0.5) is 0 Å².